The van der Waals surface area contributed by atoms with E-state index in [4.69, 9.17) is 4.74 Å². The highest BCUT2D eigenvalue weighted by Gasteiger charge is 2.25. The number of aromatic nitrogens is 1. The molecule has 156 valence electrons. The number of amides is 1. The van der Waals surface area contributed by atoms with E-state index in [1.165, 1.54) is 0 Å². The van der Waals surface area contributed by atoms with E-state index in [0.717, 1.165) is 68.3 Å². The van der Waals surface area contributed by atoms with Gasteiger partial charge in [-0.15, -0.1) is 0 Å². The maximum Gasteiger partial charge on any atom is 0.255 e. The Labute approximate surface area is 171 Å². The zero-order chi connectivity index (χ0) is 20.2. The molecular formula is C23H31N3O3. The van der Waals surface area contributed by atoms with Crippen LogP contribution in [0, 0.1) is 12.8 Å². The van der Waals surface area contributed by atoms with Gasteiger partial charge in [-0.05, 0) is 93.6 Å². The Morgan fingerprint density at radius 1 is 1.14 bits per heavy atom. The topological polar surface area (TPSA) is 83.2 Å². The molecule has 1 aliphatic heterocycles. The number of fused-ring (bicyclic) bond motifs is 1. The summed E-state index contributed by atoms with van der Waals surface area (Å²) in [6.07, 6.45) is 8.47. The Kier molecular flexibility index (Phi) is 6.19. The molecule has 0 atom stereocenters. The quantitative estimate of drug-likeness (QED) is 0.724. The Balaban J connectivity index is 1.28. The molecule has 2 fully saturated rings. The highest BCUT2D eigenvalue weighted by Crippen LogP contribution is 2.29. The summed E-state index contributed by atoms with van der Waals surface area (Å²) < 4.78 is 6.28. The maximum atomic E-state index is 12.4. The average molecular weight is 398 g/mol. The number of hydrogen-bond donors (Lipinski definition) is 3. The summed E-state index contributed by atoms with van der Waals surface area (Å²) in [4.78, 5) is 27.0. The molecule has 1 aliphatic carbocycles. The fourth-order valence-electron chi connectivity index (χ4n) is 4.59. The van der Waals surface area contributed by atoms with Crippen LogP contribution in [0.15, 0.2) is 29.2 Å². The van der Waals surface area contributed by atoms with E-state index in [9.17, 15) is 9.59 Å². The number of ether oxygens (including phenoxy) is 1. The molecule has 4 rings (SSSR count). The van der Waals surface area contributed by atoms with E-state index in [1.54, 1.807) is 6.20 Å². The normalized spacial score (nSPS) is 23.1. The lowest BCUT2D eigenvalue weighted by Crippen LogP contribution is -2.41. The molecular weight excluding hydrogens is 366 g/mol. The number of aryl methyl sites for hydroxylation is 1. The number of hydrogen-bond acceptors (Lipinski definition) is 4. The van der Waals surface area contributed by atoms with Gasteiger partial charge in [-0.2, -0.15) is 0 Å². The molecule has 1 saturated heterocycles. The van der Waals surface area contributed by atoms with Gasteiger partial charge >= 0.3 is 0 Å². The molecule has 0 spiro atoms. The first kappa shape index (κ1) is 20.0. The van der Waals surface area contributed by atoms with E-state index in [-0.39, 0.29) is 23.6 Å². The first-order chi connectivity index (χ1) is 14.1. The highest BCUT2D eigenvalue weighted by atomic mass is 16.5. The van der Waals surface area contributed by atoms with Gasteiger partial charge in [0.25, 0.3) is 5.56 Å². The van der Waals surface area contributed by atoms with Crippen molar-refractivity contribution < 1.29 is 9.53 Å². The SMILES string of the molecule is Cc1cc2c(=O)[nH]ccc2cc1O[C@H]1CC[C@H](NC(=O)CC2CCNCC2)CC1. The van der Waals surface area contributed by atoms with E-state index in [0.29, 0.717) is 17.7 Å². The van der Waals surface area contributed by atoms with Crippen molar-refractivity contribution in [3.63, 3.8) is 0 Å². The van der Waals surface area contributed by atoms with Crippen LogP contribution in [-0.4, -0.2) is 36.1 Å². The van der Waals surface area contributed by atoms with Gasteiger partial charge in [0.1, 0.15) is 5.75 Å². The first-order valence-electron chi connectivity index (χ1n) is 10.9. The van der Waals surface area contributed by atoms with Crippen molar-refractivity contribution in [2.45, 2.75) is 64.0 Å². The van der Waals surface area contributed by atoms with Gasteiger partial charge in [0, 0.05) is 24.0 Å². The van der Waals surface area contributed by atoms with Crippen LogP contribution in [-0.2, 0) is 4.79 Å². The molecule has 0 bridgehead atoms. The average Bonchev–Trinajstić information content (AvgIpc) is 2.71. The number of rotatable bonds is 5. The van der Waals surface area contributed by atoms with Crippen molar-refractivity contribution in [2.24, 2.45) is 5.92 Å². The van der Waals surface area contributed by atoms with E-state index in [2.05, 4.69) is 15.6 Å². The maximum absolute atomic E-state index is 12.4. The molecule has 0 unspecified atom stereocenters. The van der Waals surface area contributed by atoms with Crippen LogP contribution in [0.4, 0.5) is 0 Å². The predicted octanol–water partition coefficient (Wildman–Crippen LogP) is 3.03. The first-order valence-corrected chi connectivity index (χ1v) is 10.9. The summed E-state index contributed by atoms with van der Waals surface area (Å²) in [5.41, 5.74) is 0.907. The largest absolute Gasteiger partial charge is 0.490 e. The van der Waals surface area contributed by atoms with Gasteiger partial charge in [-0.3, -0.25) is 9.59 Å². The summed E-state index contributed by atoms with van der Waals surface area (Å²) in [5, 5.41) is 8.18. The smallest absolute Gasteiger partial charge is 0.255 e. The molecule has 1 saturated carbocycles. The third kappa shape index (κ3) is 4.99. The molecule has 3 N–H and O–H groups in total. The molecule has 29 heavy (non-hydrogen) atoms. The Bertz CT molecular complexity index is 909. The molecule has 6 nitrogen and oxygen atoms in total. The predicted molar refractivity (Wildman–Crippen MR) is 114 cm³/mol. The third-order valence-corrected chi connectivity index (χ3v) is 6.33. The molecule has 1 amide bonds. The number of aromatic amines is 1. The van der Waals surface area contributed by atoms with Crippen LogP contribution in [0.3, 0.4) is 0 Å². The molecule has 1 aromatic carbocycles. The van der Waals surface area contributed by atoms with Gasteiger partial charge in [0.15, 0.2) is 0 Å². The van der Waals surface area contributed by atoms with E-state index in [1.807, 2.05) is 25.1 Å². The van der Waals surface area contributed by atoms with Gasteiger partial charge in [0.2, 0.25) is 5.91 Å². The second-order valence-corrected chi connectivity index (χ2v) is 8.57. The summed E-state index contributed by atoms with van der Waals surface area (Å²) in [6, 6.07) is 6.03. The lowest BCUT2D eigenvalue weighted by Gasteiger charge is -2.30. The summed E-state index contributed by atoms with van der Waals surface area (Å²) in [7, 11) is 0. The summed E-state index contributed by atoms with van der Waals surface area (Å²) in [6.45, 7) is 4.04. The Morgan fingerprint density at radius 3 is 2.66 bits per heavy atom. The third-order valence-electron chi connectivity index (χ3n) is 6.33. The fraction of sp³-hybridized carbons (Fsp3) is 0.565. The molecule has 0 radical (unpaired) electrons. The lowest BCUT2D eigenvalue weighted by molar-refractivity contribution is -0.123. The number of carbonyl (C=O) groups excluding carboxylic acids is 1. The monoisotopic (exact) mass is 397 g/mol. The van der Waals surface area contributed by atoms with Crippen molar-refractivity contribution in [3.8, 4) is 5.75 Å². The minimum atomic E-state index is -0.0714. The number of pyridine rings is 1. The molecule has 2 aromatic rings. The zero-order valence-corrected chi connectivity index (χ0v) is 17.1. The van der Waals surface area contributed by atoms with E-state index >= 15 is 0 Å². The van der Waals surface area contributed by atoms with Crippen LogP contribution >= 0.6 is 0 Å². The number of benzene rings is 1. The van der Waals surface area contributed by atoms with Crippen molar-refractivity contribution in [1.82, 2.24) is 15.6 Å². The molecule has 1 aromatic heterocycles. The summed E-state index contributed by atoms with van der Waals surface area (Å²) >= 11 is 0. The van der Waals surface area contributed by atoms with Crippen LogP contribution in [0.5, 0.6) is 5.75 Å². The van der Waals surface area contributed by atoms with Crippen molar-refractivity contribution in [2.75, 3.05) is 13.1 Å². The summed E-state index contributed by atoms with van der Waals surface area (Å²) in [5.74, 6) is 1.58. The van der Waals surface area contributed by atoms with Crippen LogP contribution < -0.4 is 20.9 Å². The van der Waals surface area contributed by atoms with Gasteiger partial charge in [0.05, 0.1) is 6.10 Å². The number of H-pyrrole nitrogens is 1. The zero-order valence-electron chi connectivity index (χ0n) is 17.1. The highest BCUT2D eigenvalue weighted by molar-refractivity contribution is 5.83. The number of nitrogens with one attached hydrogen (secondary N) is 3. The van der Waals surface area contributed by atoms with Crippen LogP contribution in [0.1, 0.15) is 50.5 Å². The van der Waals surface area contributed by atoms with Gasteiger partial charge in [-0.1, -0.05) is 0 Å². The Hall–Kier alpha value is -2.34. The second kappa shape index (κ2) is 8.99. The molecule has 6 heteroatoms. The van der Waals surface area contributed by atoms with E-state index < -0.39 is 0 Å². The molecule has 2 heterocycles. The van der Waals surface area contributed by atoms with Crippen LogP contribution in [0.2, 0.25) is 0 Å². The standard InChI is InChI=1S/C23H31N3O3/c1-15-12-20-17(8-11-25-23(20)28)14-21(15)29-19-4-2-18(3-5-19)26-22(27)13-16-6-9-24-10-7-16/h8,11-12,14,16,18-19,24H,2-7,9-10,13H2,1H3,(H,25,28)(H,26,27)/t18-,19-. The second-order valence-electron chi connectivity index (χ2n) is 8.57. The number of carbonyl (C=O) groups is 1. The minimum absolute atomic E-state index is 0.0714. The minimum Gasteiger partial charge on any atom is -0.490 e. The molecule has 2 aliphatic rings. The van der Waals surface area contributed by atoms with Crippen LogP contribution in [0.25, 0.3) is 10.8 Å². The Morgan fingerprint density at radius 2 is 1.90 bits per heavy atom. The van der Waals surface area contributed by atoms with Crippen molar-refractivity contribution >= 4 is 16.7 Å². The lowest BCUT2D eigenvalue weighted by atomic mass is 9.91. The van der Waals surface area contributed by atoms with Gasteiger partial charge in [-0.25, -0.2) is 0 Å². The van der Waals surface area contributed by atoms with Crippen molar-refractivity contribution in [3.05, 3.63) is 40.3 Å². The van der Waals surface area contributed by atoms with Gasteiger partial charge < -0.3 is 20.4 Å². The number of piperidine rings is 1. The fourth-order valence-corrected chi connectivity index (χ4v) is 4.59. The van der Waals surface area contributed by atoms with Crippen molar-refractivity contribution in [1.29, 1.82) is 0 Å².